The molecule has 0 spiro atoms. The van der Waals surface area contributed by atoms with Crippen LogP contribution in [0.1, 0.15) is 13.8 Å². The van der Waals surface area contributed by atoms with Gasteiger partial charge in [0, 0.05) is 11.5 Å². The molecule has 0 amide bonds. The van der Waals surface area contributed by atoms with E-state index in [0.29, 0.717) is 0 Å². The number of rotatable bonds is 3. The Labute approximate surface area is 86.5 Å². The molecular weight excluding hydrogens is 205 g/mol. The third-order valence-corrected chi connectivity index (χ3v) is 1.68. The predicted molar refractivity (Wildman–Crippen MR) is 51.9 cm³/mol. The van der Waals surface area contributed by atoms with Crippen LogP contribution in [0.25, 0.3) is 0 Å². The van der Waals surface area contributed by atoms with Crippen LogP contribution < -0.4 is 10.2 Å². The average molecular weight is 216 g/mol. The Morgan fingerprint density at radius 3 is 2.33 bits per heavy atom. The largest absolute Gasteiger partial charge is 0.491 e. The molecule has 0 aromatic heterocycles. The predicted octanol–water partition coefficient (Wildman–Crippen LogP) is 0.432. The van der Waals surface area contributed by atoms with Crippen molar-refractivity contribution in [2.45, 2.75) is 20.0 Å². The molecule has 1 rings (SSSR count). The van der Waals surface area contributed by atoms with Gasteiger partial charge >= 0.3 is 7.12 Å². The molecule has 0 saturated heterocycles. The molecule has 3 nitrogen and oxygen atoms in total. The standard InChI is InChI=1S/C9H11BF2O3/c1-5(2)15-6-3-7(10(13)14)9(12)8(11)4-6/h3-5,13-14H,1-2H3. The molecule has 0 aliphatic heterocycles. The second-order valence-corrected chi connectivity index (χ2v) is 3.35. The minimum atomic E-state index is -2.06. The summed E-state index contributed by atoms with van der Waals surface area (Å²) in [5.74, 6) is -2.38. The molecule has 0 unspecified atom stereocenters. The Balaban J connectivity index is 3.11. The maximum Gasteiger partial charge on any atom is 0.491 e. The molecule has 0 aliphatic carbocycles. The van der Waals surface area contributed by atoms with Crippen LogP contribution in [-0.4, -0.2) is 23.3 Å². The van der Waals surface area contributed by atoms with E-state index in [1.54, 1.807) is 13.8 Å². The monoisotopic (exact) mass is 216 g/mol. The molecule has 0 saturated carbocycles. The summed E-state index contributed by atoms with van der Waals surface area (Å²) in [6.07, 6.45) is -0.210. The maximum absolute atomic E-state index is 13.0. The van der Waals surface area contributed by atoms with E-state index in [2.05, 4.69) is 0 Å². The van der Waals surface area contributed by atoms with Crippen molar-refractivity contribution in [3.8, 4) is 5.75 Å². The van der Waals surface area contributed by atoms with Crippen molar-refractivity contribution in [2.75, 3.05) is 0 Å². The third-order valence-electron chi connectivity index (χ3n) is 1.68. The van der Waals surface area contributed by atoms with Gasteiger partial charge in [0.25, 0.3) is 0 Å². The molecular formula is C9H11BF2O3. The van der Waals surface area contributed by atoms with E-state index < -0.39 is 24.2 Å². The molecule has 0 radical (unpaired) electrons. The minimum Gasteiger partial charge on any atom is -0.491 e. The summed E-state index contributed by atoms with van der Waals surface area (Å²) in [6.45, 7) is 3.44. The average Bonchev–Trinajstić information content (AvgIpc) is 2.09. The summed E-state index contributed by atoms with van der Waals surface area (Å²) < 4.78 is 31.1. The Hall–Kier alpha value is -1.14. The summed E-state index contributed by atoms with van der Waals surface area (Å²) in [5.41, 5.74) is -0.536. The SMILES string of the molecule is CC(C)Oc1cc(F)c(F)c(B(O)O)c1. The second-order valence-electron chi connectivity index (χ2n) is 3.35. The first-order chi connectivity index (χ1) is 6.91. The lowest BCUT2D eigenvalue weighted by Gasteiger charge is -2.11. The zero-order valence-electron chi connectivity index (χ0n) is 8.37. The van der Waals surface area contributed by atoms with Gasteiger partial charge < -0.3 is 14.8 Å². The lowest BCUT2D eigenvalue weighted by molar-refractivity contribution is 0.241. The topological polar surface area (TPSA) is 49.7 Å². The van der Waals surface area contributed by atoms with Gasteiger partial charge in [-0.15, -0.1) is 0 Å². The highest BCUT2D eigenvalue weighted by Gasteiger charge is 2.21. The van der Waals surface area contributed by atoms with Crippen LogP contribution in [0.2, 0.25) is 0 Å². The van der Waals surface area contributed by atoms with Crippen molar-refractivity contribution in [3.05, 3.63) is 23.8 Å². The van der Waals surface area contributed by atoms with Crippen LogP contribution >= 0.6 is 0 Å². The van der Waals surface area contributed by atoms with E-state index in [1.807, 2.05) is 0 Å². The zero-order valence-corrected chi connectivity index (χ0v) is 8.37. The number of benzene rings is 1. The molecule has 6 heteroatoms. The normalized spacial score (nSPS) is 10.6. The fourth-order valence-electron chi connectivity index (χ4n) is 1.11. The zero-order chi connectivity index (χ0) is 11.6. The van der Waals surface area contributed by atoms with E-state index >= 15 is 0 Å². The molecule has 82 valence electrons. The summed E-state index contributed by atoms with van der Waals surface area (Å²) in [5, 5.41) is 17.6. The summed E-state index contributed by atoms with van der Waals surface area (Å²) in [7, 11) is -2.06. The Kier molecular flexibility index (Phi) is 3.65. The van der Waals surface area contributed by atoms with Crippen LogP contribution in [0.15, 0.2) is 12.1 Å². The van der Waals surface area contributed by atoms with Crippen LogP contribution in [0.4, 0.5) is 8.78 Å². The highest BCUT2D eigenvalue weighted by atomic mass is 19.2. The van der Waals surface area contributed by atoms with Gasteiger partial charge in [-0.2, -0.15) is 0 Å². The van der Waals surface area contributed by atoms with Crippen molar-refractivity contribution >= 4 is 12.6 Å². The summed E-state index contributed by atoms with van der Waals surface area (Å²) in [4.78, 5) is 0. The highest BCUT2D eigenvalue weighted by Crippen LogP contribution is 2.15. The van der Waals surface area contributed by atoms with Crippen LogP contribution in [0.3, 0.4) is 0 Å². The van der Waals surface area contributed by atoms with Gasteiger partial charge in [0.1, 0.15) is 5.75 Å². The second kappa shape index (κ2) is 4.59. The van der Waals surface area contributed by atoms with E-state index in [4.69, 9.17) is 14.8 Å². The Bertz CT molecular complexity index is 355. The van der Waals surface area contributed by atoms with Crippen molar-refractivity contribution in [1.82, 2.24) is 0 Å². The van der Waals surface area contributed by atoms with Gasteiger partial charge in [-0.05, 0) is 19.9 Å². The van der Waals surface area contributed by atoms with Gasteiger partial charge in [0.05, 0.1) is 6.10 Å². The van der Waals surface area contributed by atoms with Crippen LogP contribution in [0.5, 0.6) is 5.75 Å². The van der Waals surface area contributed by atoms with E-state index in [9.17, 15) is 8.78 Å². The fraction of sp³-hybridized carbons (Fsp3) is 0.333. The summed E-state index contributed by atoms with van der Waals surface area (Å²) >= 11 is 0. The molecule has 1 aromatic carbocycles. The fourth-order valence-corrected chi connectivity index (χ4v) is 1.11. The van der Waals surface area contributed by atoms with E-state index in [-0.39, 0.29) is 11.9 Å². The van der Waals surface area contributed by atoms with Gasteiger partial charge in [0.15, 0.2) is 11.6 Å². The lowest BCUT2D eigenvalue weighted by Crippen LogP contribution is -2.33. The number of hydrogen-bond acceptors (Lipinski definition) is 3. The Morgan fingerprint density at radius 1 is 1.27 bits per heavy atom. The maximum atomic E-state index is 13.0. The number of hydrogen-bond donors (Lipinski definition) is 2. The molecule has 1 aromatic rings. The van der Waals surface area contributed by atoms with E-state index in [1.165, 1.54) is 0 Å². The van der Waals surface area contributed by atoms with Crippen LogP contribution in [-0.2, 0) is 0 Å². The van der Waals surface area contributed by atoms with Gasteiger partial charge in [-0.3, -0.25) is 0 Å². The lowest BCUT2D eigenvalue weighted by atomic mass is 9.79. The molecule has 2 N–H and O–H groups in total. The quantitative estimate of drug-likeness (QED) is 0.720. The highest BCUT2D eigenvalue weighted by molar-refractivity contribution is 6.58. The first-order valence-corrected chi connectivity index (χ1v) is 4.43. The van der Waals surface area contributed by atoms with Crippen molar-refractivity contribution < 1.29 is 23.6 Å². The van der Waals surface area contributed by atoms with E-state index in [0.717, 1.165) is 12.1 Å². The number of ether oxygens (including phenoxy) is 1. The van der Waals surface area contributed by atoms with Crippen molar-refractivity contribution in [2.24, 2.45) is 0 Å². The van der Waals surface area contributed by atoms with Crippen LogP contribution in [0, 0.1) is 11.6 Å². The molecule has 0 bridgehead atoms. The van der Waals surface area contributed by atoms with Crippen molar-refractivity contribution in [3.63, 3.8) is 0 Å². The van der Waals surface area contributed by atoms with Gasteiger partial charge in [0.2, 0.25) is 0 Å². The van der Waals surface area contributed by atoms with Gasteiger partial charge in [-0.25, -0.2) is 8.78 Å². The summed E-state index contributed by atoms with van der Waals surface area (Å²) in [6, 6.07) is 1.92. The number of halogens is 2. The van der Waals surface area contributed by atoms with Crippen molar-refractivity contribution in [1.29, 1.82) is 0 Å². The molecule has 0 fully saturated rings. The Morgan fingerprint density at radius 2 is 1.87 bits per heavy atom. The minimum absolute atomic E-state index is 0.0620. The molecule has 15 heavy (non-hydrogen) atoms. The first kappa shape index (κ1) is 11.9. The molecule has 0 atom stereocenters. The molecule has 0 aliphatic rings. The molecule has 0 heterocycles. The smallest absolute Gasteiger partial charge is 0.491 e. The third kappa shape index (κ3) is 2.90. The first-order valence-electron chi connectivity index (χ1n) is 4.43. The van der Waals surface area contributed by atoms with Gasteiger partial charge in [-0.1, -0.05) is 0 Å².